The summed E-state index contributed by atoms with van der Waals surface area (Å²) in [4.78, 5) is 11.7. The lowest BCUT2D eigenvalue weighted by atomic mass is 10.2. The first kappa shape index (κ1) is 11.8. The molecule has 6 heteroatoms. The van der Waals surface area contributed by atoms with Gasteiger partial charge in [-0.25, -0.2) is 0 Å². The number of hydrogen-bond acceptors (Lipinski definition) is 5. The van der Waals surface area contributed by atoms with Crippen LogP contribution >= 0.6 is 11.3 Å². The summed E-state index contributed by atoms with van der Waals surface area (Å²) in [6.45, 7) is 1.83. The van der Waals surface area contributed by atoms with Gasteiger partial charge in [-0.05, 0) is 29.3 Å². The Bertz CT molecular complexity index is 493. The number of carbonyl (C=O) groups is 1. The highest BCUT2D eigenvalue weighted by Crippen LogP contribution is 2.15. The SMILES string of the molecule is Cc1oncc1C(=O)NCC(O)c1ccsc1. The predicted octanol–water partition coefficient (Wildman–Crippen LogP) is 1.51. The molecule has 2 rings (SSSR count). The molecule has 1 unspecified atom stereocenters. The molecule has 0 saturated carbocycles. The Morgan fingerprint density at radius 1 is 1.71 bits per heavy atom. The topological polar surface area (TPSA) is 75.4 Å². The van der Waals surface area contributed by atoms with Gasteiger partial charge in [0.1, 0.15) is 11.3 Å². The number of aliphatic hydroxyl groups excluding tert-OH is 1. The molecule has 0 aliphatic rings. The van der Waals surface area contributed by atoms with E-state index in [9.17, 15) is 9.90 Å². The third-order valence-corrected chi connectivity index (χ3v) is 3.08. The molecule has 0 radical (unpaired) electrons. The summed E-state index contributed by atoms with van der Waals surface area (Å²) in [7, 11) is 0. The molecule has 1 amide bonds. The molecule has 5 nitrogen and oxygen atoms in total. The highest BCUT2D eigenvalue weighted by molar-refractivity contribution is 7.07. The van der Waals surface area contributed by atoms with Gasteiger partial charge >= 0.3 is 0 Å². The van der Waals surface area contributed by atoms with Crippen LogP contribution in [-0.2, 0) is 0 Å². The van der Waals surface area contributed by atoms with E-state index in [1.807, 2.05) is 16.8 Å². The van der Waals surface area contributed by atoms with E-state index in [1.54, 1.807) is 6.92 Å². The van der Waals surface area contributed by atoms with Crippen LogP contribution < -0.4 is 5.32 Å². The summed E-state index contributed by atoms with van der Waals surface area (Å²) in [5.74, 6) is 0.172. The second kappa shape index (κ2) is 5.11. The molecule has 90 valence electrons. The van der Waals surface area contributed by atoms with Gasteiger partial charge in [0.05, 0.1) is 12.3 Å². The van der Waals surface area contributed by atoms with Crippen LogP contribution in [0.4, 0.5) is 0 Å². The third kappa shape index (κ3) is 2.72. The summed E-state index contributed by atoms with van der Waals surface area (Å²) in [6.07, 6.45) is 0.673. The molecule has 0 aliphatic carbocycles. The zero-order chi connectivity index (χ0) is 12.3. The largest absolute Gasteiger partial charge is 0.387 e. The fourth-order valence-electron chi connectivity index (χ4n) is 1.38. The average Bonchev–Trinajstić information content (AvgIpc) is 2.95. The molecule has 0 bridgehead atoms. The van der Waals surface area contributed by atoms with E-state index >= 15 is 0 Å². The van der Waals surface area contributed by atoms with Crippen LogP contribution in [0.25, 0.3) is 0 Å². The molecule has 0 aliphatic heterocycles. The van der Waals surface area contributed by atoms with E-state index in [1.165, 1.54) is 17.5 Å². The van der Waals surface area contributed by atoms with E-state index in [2.05, 4.69) is 10.5 Å². The second-order valence-electron chi connectivity index (χ2n) is 3.58. The Hall–Kier alpha value is -1.66. The van der Waals surface area contributed by atoms with Gasteiger partial charge in [-0.1, -0.05) is 5.16 Å². The number of aromatic nitrogens is 1. The Balaban J connectivity index is 1.91. The van der Waals surface area contributed by atoms with Gasteiger partial charge in [0, 0.05) is 6.54 Å². The number of rotatable bonds is 4. The molecule has 2 aromatic heterocycles. The average molecular weight is 252 g/mol. The fraction of sp³-hybridized carbons (Fsp3) is 0.273. The first-order valence-electron chi connectivity index (χ1n) is 5.08. The summed E-state index contributed by atoms with van der Waals surface area (Å²) in [5.41, 5.74) is 1.19. The zero-order valence-corrected chi connectivity index (χ0v) is 10.0. The van der Waals surface area contributed by atoms with Crippen molar-refractivity contribution in [3.63, 3.8) is 0 Å². The van der Waals surface area contributed by atoms with Crippen molar-refractivity contribution in [3.05, 3.63) is 39.9 Å². The van der Waals surface area contributed by atoms with Gasteiger partial charge in [0.15, 0.2) is 0 Å². The maximum atomic E-state index is 11.7. The molecule has 2 N–H and O–H groups in total. The van der Waals surface area contributed by atoms with Crippen LogP contribution in [-0.4, -0.2) is 22.7 Å². The van der Waals surface area contributed by atoms with Gasteiger partial charge < -0.3 is 14.9 Å². The molecular weight excluding hydrogens is 240 g/mol. The minimum absolute atomic E-state index is 0.167. The molecule has 2 aromatic rings. The van der Waals surface area contributed by atoms with E-state index in [4.69, 9.17) is 4.52 Å². The summed E-state index contributed by atoms with van der Waals surface area (Å²) in [6, 6.07) is 1.83. The van der Waals surface area contributed by atoms with Crippen LogP contribution in [0.5, 0.6) is 0 Å². The van der Waals surface area contributed by atoms with Crippen molar-refractivity contribution >= 4 is 17.2 Å². The van der Waals surface area contributed by atoms with Crippen LogP contribution in [0.1, 0.15) is 27.8 Å². The van der Waals surface area contributed by atoms with E-state index in [0.717, 1.165) is 5.56 Å². The first-order valence-corrected chi connectivity index (χ1v) is 6.02. The van der Waals surface area contributed by atoms with Crippen molar-refractivity contribution in [2.75, 3.05) is 6.54 Å². The summed E-state index contributed by atoms with van der Waals surface area (Å²) >= 11 is 1.50. The second-order valence-corrected chi connectivity index (χ2v) is 4.36. The Kier molecular flexibility index (Phi) is 3.55. The lowest BCUT2D eigenvalue weighted by Crippen LogP contribution is -2.28. The van der Waals surface area contributed by atoms with Crippen molar-refractivity contribution in [1.82, 2.24) is 10.5 Å². The number of amides is 1. The molecular formula is C11H12N2O3S. The monoisotopic (exact) mass is 252 g/mol. The van der Waals surface area contributed by atoms with Gasteiger partial charge in [-0.2, -0.15) is 11.3 Å². The number of hydrogen-bond donors (Lipinski definition) is 2. The minimum Gasteiger partial charge on any atom is -0.387 e. The quantitative estimate of drug-likeness (QED) is 0.864. The number of nitrogens with one attached hydrogen (secondary N) is 1. The van der Waals surface area contributed by atoms with Crippen molar-refractivity contribution in [2.45, 2.75) is 13.0 Å². The highest BCUT2D eigenvalue weighted by Gasteiger charge is 2.14. The highest BCUT2D eigenvalue weighted by atomic mass is 32.1. The Morgan fingerprint density at radius 2 is 2.53 bits per heavy atom. The fourth-order valence-corrected chi connectivity index (χ4v) is 2.09. The smallest absolute Gasteiger partial charge is 0.256 e. The predicted molar refractivity (Wildman–Crippen MR) is 62.9 cm³/mol. The van der Waals surface area contributed by atoms with Crippen molar-refractivity contribution in [3.8, 4) is 0 Å². The molecule has 0 aromatic carbocycles. The van der Waals surface area contributed by atoms with Crippen molar-refractivity contribution in [2.24, 2.45) is 0 Å². The molecule has 2 heterocycles. The standard InChI is InChI=1S/C11H12N2O3S/c1-7-9(4-13-16-7)11(15)12-5-10(14)8-2-3-17-6-8/h2-4,6,10,14H,5H2,1H3,(H,12,15). The van der Waals surface area contributed by atoms with Crippen LogP contribution in [0.2, 0.25) is 0 Å². The molecule has 0 saturated heterocycles. The number of thiophene rings is 1. The van der Waals surface area contributed by atoms with Crippen molar-refractivity contribution in [1.29, 1.82) is 0 Å². The van der Waals surface area contributed by atoms with E-state index < -0.39 is 6.10 Å². The maximum Gasteiger partial charge on any atom is 0.256 e. The van der Waals surface area contributed by atoms with Gasteiger partial charge in [0.2, 0.25) is 0 Å². The van der Waals surface area contributed by atoms with Crippen LogP contribution in [0, 0.1) is 6.92 Å². The number of aliphatic hydroxyl groups is 1. The number of nitrogens with zero attached hydrogens (tertiary/aromatic N) is 1. The molecule has 17 heavy (non-hydrogen) atoms. The summed E-state index contributed by atoms with van der Waals surface area (Å²) < 4.78 is 4.79. The lowest BCUT2D eigenvalue weighted by Gasteiger charge is -2.09. The Morgan fingerprint density at radius 3 is 3.12 bits per heavy atom. The van der Waals surface area contributed by atoms with Gasteiger partial charge in [-0.3, -0.25) is 4.79 Å². The molecule has 0 fully saturated rings. The van der Waals surface area contributed by atoms with Gasteiger partial charge in [0.25, 0.3) is 5.91 Å². The Labute approximate surface area is 102 Å². The number of carbonyl (C=O) groups excluding carboxylic acids is 1. The normalized spacial score (nSPS) is 12.4. The first-order chi connectivity index (χ1) is 8.18. The molecule has 0 spiro atoms. The van der Waals surface area contributed by atoms with Crippen molar-refractivity contribution < 1.29 is 14.4 Å². The maximum absolute atomic E-state index is 11.7. The third-order valence-electron chi connectivity index (χ3n) is 2.38. The van der Waals surface area contributed by atoms with Crippen LogP contribution in [0.15, 0.2) is 27.5 Å². The zero-order valence-electron chi connectivity index (χ0n) is 9.21. The number of aryl methyl sites for hydroxylation is 1. The minimum atomic E-state index is -0.689. The van der Waals surface area contributed by atoms with Gasteiger partial charge in [-0.15, -0.1) is 0 Å². The lowest BCUT2D eigenvalue weighted by molar-refractivity contribution is 0.0915. The van der Waals surface area contributed by atoms with E-state index in [-0.39, 0.29) is 12.5 Å². The molecule has 1 atom stereocenters. The van der Waals surface area contributed by atoms with Crippen LogP contribution in [0.3, 0.4) is 0 Å². The summed E-state index contributed by atoms with van der Waals surface area (Å²) in [5, 5.41) is 19.7. The van der Waals surface area contributed by atoms with E-state index in [0.29, 0.717) is 11.3 Å².